The molecule has 3 aromatic rings. The number of halogens is 5. The Kier molecular flexibility index (Phi) is 7.81. The van der Waals surface area contributed by atoms with Gasteiger partial charge in [0.2, 0.25) is 0 Å². The largest absolute Gasteiger partial charge is 0.469 e. The van der Waals surface area contributed by atoms with E-state index in [0.29, 0.717) is 44.2 Å². The van der Waals surface area contributed by atoms with E-state index in [1.165, 1.54) is 7.11 Å². The second-order valence-corrected chi connectivity index (χ2v) is 10.3. The number of ether oxygens (including phenoxy) is 1. The third-order valence-corrected chi connectivity index (χ3v) is 7.82. The second kappa shape index (κ2) is 10.6. The number of benzene rings is 2. The fourth-order valence-corrected chi connectivity index (χ4v) is 5.57. The third kappa shape index (κ3) is 5.60. The zero-order chi connectivity index (χ0) is 27.1. The number of rotatable bonds is 6. The van der Waals surface area contributed by atoms with Crippen LogP contribution in [0.15, 0.2) is 30.8 Å². The van der Waals surface area contributed by atoms with E-state index in [0.717, 1.165) is 49.3 Å². The van der Waals surface area contributed by atoms with Crippen molar-refractivity contribution in [1.29, 1.82) is 0 Å². The van der Waals surface area contributed by atoms with Crippen LogP contribution in [0, 0.1) is 19.8 Å². The summed E-state index contributed by atoms with van der Waals surface area (Å²) in [6.45, 7) is 9.25. The van der Waals surface area contributed by atoms with Crippen molar-refractivity contribution < 1.29 is 22.7 Å². The van der Waals surface area contributed by atoms with Crippen molar-refractivity contribution in [3.63, 3.8) is 0 Å². The van der Waals surface area contributed by atoms with E-state index in [9.17, 15) is 18.0 Å². The van der Waals surface area contributed by atoms with Crippen LogP contribution in [0.1, 0.15) is 47.2 Å². The van der Waals surface area contributed by atoms with E-state index in [1.807, 2.05) is 6.07 Å². The lowest BCUT2D eigenvalue weighted by Gasteiger charge is -2.35. The van der Waals surface area contributed by atoms with Gasteiger partial charge >= 0.3 is 12.1 Å². The van der Waals surface area contributed by atoms with Gasteiger partial charge in [-0.15, -0.1) is 0 Å². The van der Waals surface area contributed by atoms with E-state index >= 15 is 0 Å². The lowest BCUT2D eigenvalue weighted by atomic mass is 9.93. The van der Waals surface area contributed by atoms with Crippen molar-refractivity contribution in [1.82, 2.24) is 14.7 Å². The molecule has 1 aliphatic heterocycles. The molecule has 0 N–H and O–H groups in total. The minimum Gasteiger partial charge on any atom is -0.469 e. The zero-order valence-corrected chi connectivity index (χ0v) is 22.4. The number of alkyl halides is 3. The first-order valence-corrected chi connectivity index (χ1v) is 12.7. The molecule has 4 rings (SSSR count). The first-order valence-electron chi connectivity index (χ1n) is 11.9. The van der Waals surface area contributed by atoms with Crippen molar-refractivity contribution in [2.24, 2.45) is 5.92 Å². The molecule has 0 aliphatic carbocycles. The van der Waals surface area contributed by atoms with Crippen LogP contribution in [0.3, 0.4) is 0 Å². The van der Waals surface area contributed by atoms with E-state index in [-0.39, 0.29) is 18.4 Å². The molecule has 37 heavy (non-hydrogen) atoms. The van der Waals surface area contributed by atoms with E-state index < -0.39 is 11.7 Å². The smallest absolute Gasteiger partial charge is 0.416 e. The summed E-state index contributed by atoms with van der Waals surface area (Å²) in [6.07, 6.45) is -2.36. The molecule has 0 atom stereocenters. The van der Waals surface area contributed by atoms with E-state index in [2.05, 4.69) is 16.6 Å². The highest BCUT2D eigenvalue weighted by Crippen LogP contribution is 2.38. The molecule has 0 bridgehead atoms. The predicted molar refractivity (Wildman–Crippen MR) is 140 cm³/mol. The minimum atomic E-state index is -4.44. The molecule has 0 amide bonds. The Balaban J connectivity index is 1.61. The molecule has 1 aliphatic rings. The average molecular weight is 554 g/mol. The highest BCUT2D eigenvalue weighted by Gasteiger charge is 2.32. The molecule has 1 saturated heterocycles. The SMILES string of the molecule is C=C(c1ccc(Cl)c(Cn2nc(C)c3cc(C(F)(F)F)cc(C)c32)c1Cl)N1CCC(CC(=O)OC)CC1. The van der Waals surface area contributed by atoms with Crippen molar-refractivity contribution in [3.05, 3.63) is 68.8 Å². The number of carbonyl (C=O) groups is 1. The predicted octanol–water partition coefficient (Wildman–Crippen LogP) is 7.27. The highest BCUT2D eigenvalue weighted by molar-refractivity contribution is 6.37. The summed E-state index contributed by atoms with van der Waals surface area (Å²) < 4.78 is 46.5. The topological polar surface area (TPSA) is 47.4 Å². The quantitative estimate of drug-likeness (QED) is 0.301. The molecule has 0 saturated carbocycles. The number of aryl methyl sites for hydroxylation is 2. The minimum absolute atomic E-state index is 0.191. The number of nitrogens with zero attached hydrogens (tertiary/aromatic N) is 3. The van der Waals surface area contributed by atoms with E-state index in [4.69, 9.17) is 27.9 Å². The van der Waals surface area contributed by atoms with Gasteiger partial charge in [-0.3, -0.25) is 9.48 Å². The molecule has 2 heterocycles. The van der Waals surface area contributed by atoms with Crippen LogP contribution >= 0.6 is 23.2 Å². The van der Waals surface area contributed by atoms with Gasteiger partial charge in [0.25, 0.3) is 0 Å². The summed E-state index contributed by atoms with van der Waals surface area (Å²) in [4.78, 5) is 13.7. The van der Waals surface area contributed by atoms with Gasteiger partial charge in [0.1, 0.15) is 0 Å². The Morgan fingerprint density at radius 3 is 2.49 bits per heavy atom. The number of hydrogen-bond donors (Lipinski definition) is 0. The van der Waals surface area contributed by atoms with Crippen LogP contribution in [-0.4, -0.2) is 40.8 Å². The molecule has 5 nitrogen and oxygen atoms in total. The summed E-state index contributed by atoms with van der Waals surface area (Å²) >= 11 is 13.4. The van der Waals surface area contributed by atoms with Gasteiger partial charge in [0.05, 0.1) is 35.5 Å². The molecule has 1 fully saturated rings. The molecule has 2 aromatic carbocycles. The Morgan fingerprint density at radius 2 is 1.86 bits per heavy atom. The van der Waals surface area contributed by atoms with Crippen molar-refractivity contribution in [2.45, 2.75) is 45.8 Å². The van der Waals surface area contributed by atoms with Crippen molar-refractivity contribution >= 4 is 45.8 Å². The van der Waals surface area contributed by atoms with Gasteiger partial charge in [-0.1, -0.05) is 29.8 Å². The molecule has 0 spiro atoms. The number of esters is 1. The van der Waals surface area contributed by atoms with Crippen LogP contribution in [0.2, 0.25) is 10.0 Å². The maximum atomic E-state index is 13.4. The van der Waals surface area contributed by atoms with Gasteiger partial charge in [-0.25, -0.2) is 0 Å². The van der Waals surface area contributed by atoms with Crippen LogP contribution in [0.4, 0.5) is 13.2 Å². The first-order chi connectivity index (χ1) is 17.4. The summed E-state index contributed by atoms with van der Waals surface area (Å²) in [5.74, 6) is 0.0686. The average Bonchev–Trinajstić information content (AvgIpc) is 3.17. The maximum absolute atomic E-state index is 13.4. The fourth-order valence-electron chi connectivity index (χ4n) is 4.97. The first kappa shape index (κ1) is 27.3. The molecule has 1 aromatic heterocycles. The molecular formula is C27H28Cl2F3N3O2. The van der Waals surface area contributed by atoms with Gasteiger partial charge in [0, 0.05) is 46.7 Å². The maximum Gasteiger partial charge on any atom is 0.416 e. The van der Waals surface area contributed by atoms with Crippen LogP contribution in [-0.2, 0) is 22.3 Å². The lowest BCUT2D eigenvalue weighted by molar-refractivity contribution is -0.142. The number of methoxy groups -OCH3 is 1. The van der Waals surface area contributed by atoms with Crippen LogP contribution < -0.4 is 0 Å². The zero-order valence-electron chi connectivity index (χ0n) is 20.9. The van der Waals surface area contributed by atoms with Crippen molar-refractivity contribution in [3.8, 4) is 0 Å². The standard InChI is InChI=1S/C27H28Cl2F3N3O2/c1-15-11-19(27(30,31)32)13-21-16(2)33-35(26(15)21)14-22-23(28)6-5-20(25(22)29)17(3)34-9-7-18(8-10-34)12-24(36)37-4/h5-6,11,13,18H,3,7-10,12,14H2,1-2,4H3. The summed E-state index contributed by atoms with van der Waals surface area (Å²) in [5, 5.41) is 5.82. The van der Waals surface area contributed by atoms with Crippen LogP contribution in [0.25, 0.3) is 16.6 Å². The fraction of sp³-hybridized carbons (Fsp3) is 0.407. The Labute approximate surface area is 223 Å². The third-order valence-electron chi connectivity index (χ3n) is 7.03. The Hall–Kier alpha value is -2.71. The van der Waals surface area contributed by atoms with Gasteiger partial charge in [-0.2, -0.15) is 18.3 Å². The van der Waals surface area contributed by atoms with Gasteiger partial charge in [-0.05, 0) is 62.4 Å². The normalized spacial score (nSPS) is 14.9. The number of carbonyl (C=O) groups excluding carboxylic acids is 1. The summed E-state index contributed by atoms with van der Waals surface area (Å²) in [7, 11) is 1.40. The lowest BCUT2D eigenvalue weighted by Crippen LogP contribution is -2.33. The summed E-state index contributed by atoms with van der Waals surface area (Å²) in [5.41, 5.74) is 2.97. The number of likely N-dealkylation sites (tertiary alicyclic amines) is 1. The number of aromatic nitrogens is 2. The Bertz CT molecular complexity index is 1360. The van der Waals surface area contributed by atoms with Crippen molar-refractivity contribution in [2.75, 3.05) is 20.2 Å². The number of fused-ring (bicyclic) bond motifs is 1. The molecule has 10 heteroatoms. The van der Waals surface area contributed by atoms with E-state index in [1.54, 1.807) is 24.6 Å². The number of piperidine rings is 1. The van der Waals surface area contributed by atoms with Gasteiger partial charge < -0.3 is 9.64 Å². The van der Waals surface area contributed by atoms with Gasteiger partial charge in [0.15, 0.2) is 0 Å². The molecular weight excluding hydrogens is 526 g/mol. The molecule has 0 unspecified atom stereocenters. The summed E-state index contributed by atoms with van der Waals surface area (Å²) in [6, 6.07) is 5.84. The van der Waals surface area contributed by atoms with Crippen LogP contribution in [0.5, 0.6) is 0 Å². The second-order valence-electron chi connectivity index (χ2n) is 9.47. The molecule has 198 valence electrons. The molecule has 0 radical (unpaired) electrons. The highest BCUT2D eigenvalue weighted by atomic mass is 35.5. The number of hydrogen-bond acceptors (Lipinski definition) is 4. The monoisotopic (exact) mass is 553 g/mol. The Morgan fingerprint density at radius 1 is 1.19 bits per heavy atom.